The van der Waals surface area contributed by atoms with Crippen LogP contribution in [0, 0.1) is 12.5 Å². The second kappa shape index (κ2) is 6.32. The van der Waals surface area contributed by atoms with Crippen molar-refractivity contribution in [1.29, 1.82) is 0 Å². The SMILES string of the molecule is [C-]#[N+]N1CCC(Cc2cnc3[nH]cc(-c4cccnc4)c3c2)CC1. The van der Waals surface area contributed by atoms with Gasteiger partial charge in [0, 0.05) is 41.3 Å². The average Bonchev–Trinajstić information content (AvgIpc) is 3.06. The maximum atomic E-state index is 7.09. The highest BCUT2D eigenvalue weighted by Crippen LogP contribution is 2.29. The summed E-state index contributed by atoms with van der Waals surface area (Å²) in [6, 6.07) is 6.28. The zero-order chi connectivity index (χ0) is 16.4. The molecule has 3 aromatic heterocycles. The summed E-state index contributed by atoms with van der Waals surface area (Å²) < 4.78 is 0. The van der Waals surface area contributed by atoms with Gasteiger partial charge in [-0.05, 0) is 42.9 Å². The van der Waals surface area contributed by atoms with Crippen molar-refractivity contribution < 1.29 is 0 Å². The van der Waals surface area contributed by atoms with Gasteiger partial charge in [0.05, 0.1) is 13.1 Å². The van der Waals surface area contributed by atoms with E-state index in [-0.39, 0.29) is 0 Å². The van der Waals surface area contributed by atoms with E-state index < -0.39 is 0 Å². The summed E-state index contributed by atoms with van der Waals surface area (Å²) in [6.45, 7) is 8.86. The number of aromatic nitrogens is 3. The molecule has 1 aliphatic rings. The first-order chi connectivity index (χ1) is 11.8. The molecule has 0 saturated carbocycles. The number of nitrogens with one attached hydrogen (secondary N) is 1. The van der Waals surface area contributed by atoms with E-state index in [1.807, 2.05) is 29.7 Å². The highest BCUT2D eigenvalue weighted by Gasteiger charge is 2.21. The van der Waals surface area contributed by atoms with E-state index in [1.54, 1.807) is 6.20 Å². The summed E-state index contributed by atoms with van der Waals surface area (Å²) in [6.07, 6.45) is 10.9. The molecule has 0 spiro atoms. The molecule has 0 amide bonds. The number of piperidine rings is 1. The van der Waals surface area contributed by atoms with Crippen LogP contribution in [0.3, 0.4) is 0 Å². The van der Waals surface area contributed by atoms with E-state index in [0.717, 1.165) is 54.5 Å². The fraction of sp³-hybridized carbons (Fsp3) is 0.316. The van der Waals surface area contributed by atoms with E-state index in [9.17, 15) is 0 Å². The van der Waals surface area contributed by atoms with E-state index in [1.165, 1.54) is 5.56 Å². The van der Waals surface area contributed by atoms with Crippen molar-refractivity contribution in [3.63, 3.8) is 0 Å². The van der Waals surface area contributed by atoms with Gasteiger partial charge in [-0.1, -0.05) is 6.07 Å². The molecule has 4 rings (SSSR count). The lowest BCUT2D eigenvalue weighted by Gasteiger charge is -2.24. The van der Waals surface area contributed by atoms with E-state index in [4.69, 9.17) is 6.57 Å². The third-order valence-electron chi connectivity index (χ3n) is 4.82. The Balaban J connectivity index is 1.58. The van der Waals surface area contributed by atoms with Crippen LogP contribution in [0.15, 0.2) is 43.0 Å². The molecule has 0 bridgehead atoms. The van der Waals surface area contributed by atoms with Crippen molar-refractivity contribution >= 4 is 11.0 Å². The maximum Gasteiger partial charge on any atom is 0.137 e. The van der Waals surface area contributed by atoms with Gasteiger partial charge >= 0.3 is 0 Å². The van der Waals surface area contributed by atoms with E-state index in [2.05, 4.69) is 32.0 Å². The first-order valence-electron chi connectivity index (χ1n) is 8.32. The smallest absolute Gasteiger partial charge is 0.137 e. The molecular formula is C19H19N5. The summed E-state index contributed by atoms with van der Waals surface area (Å²) in [5.74, 6) is 0.642. The third kappa shape index (κ3) is 2.83. The van der Waals surface area contributed by atoms with Crippen molar-refractivity contribution in [3.8, 4) is 11.1 Å². The van der Waals surface area contributed by atoms with E-state index in [0.29, 0.717) is 5.92 Å². The van der Waals surface area contributed by atoms with Crippen molar-refractivity contribution in [2.75, 3.05) is 13.1 Å². The molecule has 120 valence electrons. The zero-order valence-corrected chi connectivity index (χ0v) is 13.4. The Hall–Kier alpha value is -2.87. The summed E-state index contributed by atoms with van der Waals surface area (Å²) >= 11 is 0. The molecule has 24 heavy (non-hydrogen) atoms. The van der Waals surface area contributed by atoms with Crippen LogP contribution in [0.5, 0.6) is 0 Å². The lowest BCUT2D eigenvalue weighted by molar-refractivity contribution is 0.239. The fourth-order valence-electron chi connectivity index (χ4n) is 3.48. The minimum absolute atomic E-state index is 0.642. The molecule has 4 heterocycles. The minimum atomic E-state index is 0.642. The molecule has 1 saturated heterocycles. The highest BCUT2D eigenvalue weighted by molar-refractivity contribution is 5.93. The number of aromatic amines is 1. The van der Waals surface area contributed by atoms with Crippen molar-refractivity contribution in [2.24, 2.45) is 5.92 Å². The molecule has 0 radical (unpaired) electrons. The van der Waals surface area contributed by atoms with Gasteiger partial charge in [-0.2, -0.15) is 11.5 Å². The van der Waals surface area contributed by atoms with Crippen molar-refractivity contribution in [1.82, 2.24) is 20.0 Å². The molecule has 1 aliphatic heterocycles. The number of rotatable bonds is 3. The second-order valence-corrected chi connectivity index (χ2v) is 6.38. The summed E-state index contributed by atoms with van der Waals surface area (Å²) in [7, 11) is 0. The van der Waals surface area contributed by atoms with Gasteiger partial charge < -0.3 is 4.98 Å². The Kier molecular flexibility index (Phi) is 3.87. The Morgan fingerprint density at radius 3 is 2.92 bits per heavy atom. The van der Waals surface area contributed by atoms with Crippen LogP contribution in [0.25, 0.3) is 27.1 Å². The van der Waals surface area contributed by atoms with Gasteiger partial charge in [0.1, 0.15) is 5.65 Å². The van der Waals surface area contributed by atoms with Gasteiger partial charge in [0.15, 0.2) is 0 Å². The van der Waals surface area contributed by atoms with Gasteiger partial charge in [0.2, 0.25) is 0 Å². The first-order valence-corrected chi connectivity index (χ1v) is 8.32. The van der Waals surface area contributed by atoms with Crippen LogP contribution in [0.4, 0.5) is 0 Å². The highest BCUT2D eigenvalue weighted by atomic mass is 15.4. The molecule has 0 atom stereocenters. The van der Waals surface area contributed by atoms with Crippen LogP contribution in [-0.4, -0.2) is 33.1 Å². The first kappa shape index (κ1) is 14.7. The van der Waals surface area contributed by atoms with Crippen molar-refractivity contribution in [2.45, 2.75) is 19.3 Å². The molecule has 5 nitrogen and oxygen atoms in total. The standard InChI is InChI=1S/C19H19N5/c1-20-24-7-4-14(5-8-24)9-15-10-17-18(13-23-19(17)22-11-15)16-3-2-6-21-12-16/h2-3,6,10-14H,4-5,7-9H2,(H,22,23). The largest absolute Gasteiger partial charge is 0.346 e. The Labute approximate surface area is 141 Å². The van der Waals surface area contributed by atoms with Crippen LogP contribution < -0.4 is 0 Å². The van der Waals surface area contributed by atoms with Crippen LogP contribution in [-0.2, 0) is 6.42 Å². The molecule has 0 aliphatic carbocycles. The minimum Gasteiger partial charge on any atom is -0.346 e. The topological polar surface area (TPSA) is 49.2 Å². The summed E-state index contributed by atoms with van der Waals surface area (Å²) in [5, 5.41) is 2.99. The number of hydrogen-bond donors (Lipinski definition) is 1. The predicted octanol–water partition coefficient (Wildman–Crippen LogP) is 3.71. The number of nitrogens with zero attached hydrogens (tertiary/aromatic N) is 4. The predicted molar refractivity (Wildman–Crippen MR) is 93.9 cm³/mol. The van der Waals surface area contributed by atoms with Crippen LogP contribution in [0.2, 0.25) is 0 Å². The van der Waals surface area contributed by atoms with Crippen LogP contribution in [0.1, 0.15) is 18.4 Å². The summed E-state index contributed by atoms with van der Waals surface area (Å²) in [5.41, 5.74) is 4.44. The zero-order valence-electron chi connectivity index (χ0n) is 13.4. The third-order valence-corrected chi connectivity index (χ3v) is 4.82. The van der Waals surface area contributed by atoms with Gasteiger partial charge in [-0.25, -0.2) is 4.98 Å². The number of pyridine rings is 2. The monoisotopic (exact) mass is 317 g/mol. The Morgan fingerprint density at radius 1 is 1.29 bits per heavy atom. The number of H-pyrrole nitrogens is 1. The lowest BCUT2D eigenvalue weighted by atomic mass is 9.91. The maximum absolute atomic E-state index is 7.09. The normalized spacial score (nSPS) is 15.5. The fourth-order valence-corrected chi connectivity index (χ4v) is 3.48. The average molecular weight is 317 g/mol. The van der Waals surface area contributed by atoms with Gasteiger partial charge in [-0.3, -0.25) is 4.98 Å². The summed E-state index contributed by atoms with van der Waals surface area (Å²) in [4.78, 5) is 15.6. The molecule has 5 heteroatoms. The molecule has 0 aromatic carbocycles. The van der Waals surface area contributed by atoms with Crippen molar-refractivity contribution in [3.05, 3.63) is 60.1 Å². The number of hydrogen-bond acceptors (Lipinski definition) is 3. The molecular weight excluding hydrogens is 298 g/mol. The van der Waals surface area contributed by atoms with Crippen LogP contribution >= 0.6 is 0 Å². The van der Waals surface area contributed by atoms with E-state index >= 15 is 0 Å². The Morgan fingerprint density at radius 2 is 2.17 bits per heavy atom. The Bertz CT molecular complexity index is 870. The quantitative estimate of drug-likeness (QED) is 0.749. The second-order valence-electron chi connectivity index (χ2n) is 6.38. The molecule has 1 N–H and O–H groups in total. The molecule has 1 fully saturated rings. The lowest BCUT2D eigenvalue weighted by Crippen LogP contribution is -2.29. The molecule has 0 unspecified atom stereocenters. The van der Waals surface area contributed by atoms with Gasteiger partial charge in [-0.15, -0.1) is 5.01 Å². The van der Waals surface area contributed by atoms with Gasteiger partial charge in [0.25, 0.3) is 0 Å². The number of fused-ring (bicyclic) bond motifs is 1. The molecule has 3 aromatic rings.